The monoisotopic (exact) mass is 345 g/mol. The molecule has 1 N–H and O–H groups in total. The number of ether oxygens (including phenoxy) is 2. The maximum absolute atomic E-state index is 12.8. The number of carbonyl (C=O) groups is 2. The highest BCUT2D eigenvalue weighted by Crippen LogP contribution is 2.38. The first kappa shape index (κ1) is 17.3. The zero-order valence-electron chi connectivity index (χ0n) is 14.6. The Kier molecular flexibility index (Phi) is 5.21. The van der Waals surface area contributed by atoms with Gasteiger partial charge in [0.1, 0.15) is 0 Å². The van der Waals surface area contributed by atoms with Crippen molar-refractivity contribution in [3.8, 4) is 11.5 Å². The van der Waals surface area contributed by atoms with E-state index in [-0.39, 0.29) is 30.9 Å². The number of hydrogen-bond acceptors (Lipinski definition) is 5. The molecule has 1 atom stereocenters. The number of hydrogen-bond donors (Lipinski definition) is 1. The Bertz CT molecular complexity index is 702. The second kappa shape index (κ2) is 7.55. The predicted octanol–water partition coefficient (Wildman–Crippen LogP) is 1.92. The van der Waals surface area contributed by atoms with Crippen molar-refractivity contribution >= 4 is 23.7 Å². The first-order valence-corrected chi connectivity index (χ1v) is 8.60. The van der Waals surface area contributed by atoms with Crippen molar-refractivity contribution in [3.63, 3.8) is 0 Å². The fourth-order valence-corrected chi connectivity index (χ4v) is 3.16. The molecule has 0 unspecified atom stereocenters. The summed E-state index contributed by atoms with van der Waals surface area (Å²) in [5.74, 6) is 0.862. The quantitative estimate of drug-likeness (QED) is 0.854. The lowest BCUT2D eigenvalue weighted by Crippen LogP contribution is -2.35. The van der Waals surface area contributed by atoms with Crippen LogP contribution in [0.1, 0.15) is 36.5 Å². The molecule has 0 bridgehead atoms. The van der Waals surface area contributed by atoms with Crippen molar-refractivity contribution in [3.05, 3.63) is 17.7 Å². The fourth-order valence-electron chi connectivity index (χ4n) is 3.16. The van der Waals surface area contributed by atoms with Crippen LogP contribution in [0.25, 0.3) is 0 Å². The predicted molar refractivity (Wildman–Crippen MR) is 94.0 cm³/mol. The van der Waals surface area contributed by atoms with E-state index in [1.165, 1.54) is 7.11 Å². The molecule has 0 saturated carbocycles. The summed E-state index contributed by atoms with van der Waals surface area (Å²) in [6.45, 7) is 3.44. The Morgan fingerprint density at radius 3 is 3.00 bits per heavy atom. The zero-order valence-corrected chi connectivity index (χ0v) is 14.6. The highest BCUT2D eigenvalue weighted by Gasteiger charge is 2.32. The molecule has 0 spiro atoms. The van der Waals surface area contributed by atoms with Crippen molar-refractivity contribution in [2.24, 2.45) is 4.99 Å². The van der Waals surface area contributed by atoms with Crippen LogP contribution in [0.4, 0.5) is 5.69 Å². The first-order valence-electron chi connectivity index (χ1n) is 8.60. The van der Waals surface area contributed by atoms with E-state index in [4.69, 9.17) is 9.47 Å². The maximum atomic E-state index is 12.8. The van der Waals surface area contributed by atoms with Gasteiger partial charge in [-0.15, -0.1) is 0 Å². The molecule has 7 nitrogen and oxygen atoms in total. The van der Waals surface area contributed by atoms with Gasteiger partial charge in [0.2, 0.25) is 5.91 Å². The molecule has 1 saturated heterocycles. The van der Waals surface area contributed by atoms with Crippen LogP contribution in [0.3, 0.4) is 0 Å². The Morgan fingerprint density at radius 1 is 1.40 bits per heavy atom. The summed E-state index contributed by atoms with van der Waals surface area (Å²) >= 11 is 0. The molecule has 0 radical (unpaired) electrons. The average molecular weight is 345 g/mol. The molecule has 1 aromatic rings. The minimum atomic E-state index is -0.0648. The summed E-state index contributed by atoms with van der Waals surface area (Å²) in [6.07, 6.45) is 4.03. The molecule has 2 heterocycles. The van der Waals surface area contributed by atoms with E-state index in [2.05, 4.69) is 10.3 Å². The summed E-state index contributed by atoms with van der Waals surface area (Å²) in [6, 6.07) is 3.45. The topological polar surface area (TPSA) is 80.2 Å². The molecule has 134 valence electrons. The van der Waals surface area contributed by atoms with Gasteiger partial charge in [-0.3, -0.25) is 14.6 Å². The van der Waals surface area contributed by atoms with Crippen LogP contribution in [0.5, 0.6) is 11.5 Å². The van der Waals surface area contributed by atoms with Gasteiger partial charge in [0.05, 0.1) is 37.4 Å². The van der Waals surface area contributed by atoms with Crippen LogP contribution in [-0.2, 0) is 4.79 Å². The number of fused-ring (bicyclic) bond motifs is 2. The number of methoxy groups -OCH3 is 1. The van der Waals surface area contributed by atoms with Crippen molar-refractivity contribution in [2.45, 2.75) is 32.2 Å². The van der Waals surface area contributed by atoms with E-state index in [9.17, 15) is 9.59 Å². The van der Waals surface area contributed by atoms with Crippen LogP contribution in [0, 0.1) is 0 Å². The normalized spacial score (nSPS) is 18.4. The Hall–Kier alpha value is -2.57. The van der Waals surface area contributed by atoms with Crippen molar-refractivity contribution in [1.82, 2.24) is 10.2 Å². The van der Waals surface area contributed by atoms with Crippen molar-refractivity contribution in [1.29, 1.82) is 0 Å². The molecule has 2 amide bonds. The zero-order chi connectivity index (χ0) is 17.8. The molecule has 25 heavy (non-hydrogen) atoms. The van der Waals surface area contributed by atoms with Crippen LogP contribution >= 0.6 is 0 Å². The number of carbonyl (C=O) groups excluding carboxylic acids is 2. The maximum Gasteiger partial charge on any atom is 0.256 e. The second-order valence-corrected chi connectivity index (χ2v) is 6.06. The smallest absolute Gasteiger partial charge is 0.256 e. The van der Waals surface area contributed by atoms with Gasteiger partial charge in [-0.05, 0) is 25.8 Å². The number of benzene rings is 1. The molecule has 2 aliphatic heterocycles. The molecule has 0 aliphatic carbocycles. The van der Waals surface area contributed by atoms with E-state index in [1.807, 2.05) is 18.0 Å². The van der Waals surface area contributed by atoms with E-state index in [0.29, 0.717) is 29.3 Å². The van der Waals surface area contributed by atoms with Gasteiger partial charge in [-0.2, -0.15) is 0 Å². The summed E-state index contributed by atoms with van der Waals surface area (Å²) in [5.41, 5.74) is 1.10. The Labute approximate surface area is 147 Å². The van der Waals surface area contributed by atoms with E-state index < -0.39 is 0 Å². The van der Waals surface area contributed by atoms with Crippen LogP contribution in [0.2, 0.25) is 0 Å². The molecule has 1 aromatic carbocycles. The molecule has 2 aliphatic rings. The van der Waals surface area contributed by atoms with Crippen LogP contribution in [-0.4, -0.2) is 55.8 Å². The number of nitrogens with zero attached hydrogens (tertiary/aromatic N) is 2. The standard InChI is InChI=1S/C18H23N3O4/c1-3-19-17(22)6-8-25-16-10-14-13(9-15(16)24-2)18(23)21-7-4-5-12(21)11-20-14/h9-12H,3-8H2,1-2H3,(H,19,22)/t12-/m0/s1. The lowest BCUT2D eigenvalue weighted by atomic mass is 10.1. The van der Waals surface area contributed by atoms with E-state index >= 15 is 0 Å². The highest BCUT2D eigenvalue weighted by molar-refractivity contribution is 6.03. The molecular formula is C18H23N3O4. The largest absolute Gasteiger partial charge is 0.493 e. The third kappa shape index (κ3) is 3.60. The van der Waals surface area contributed by atoms with Gasteiger partial charge in [0.15, 0.2) is 11.5 Å². The molecule has 1 fully saturated rings. The van der Waals surface area contributed by atoms with Gasteiger partial charge >= 0.3 is 0 Å². The second-order valence-electron chi connectivity index (χ2n) is 6.06. The summed E-state index contributed by atoms with van der Waals surface area (Å²) in [5, 5.41) is 2.72. The summed E-state index contributed by atoms with van der Waals surface area (Å²) in [7, 11) is 1.53. The van der Waals surface area contributed by atoms with Gasteiger partial charge in [-0.1, -0.05) is 0 Å². The fraction of sp³-hybridized carbons (Fsp3) is 0.500. The third-order valence-corrected chi connectivity index (χ3v) is 4.42. The minimum Gasteiger partial charge on any atom is -0.493 e. The summed E-state index contributed by atoms with van der Waals surface area (Å²) in [4.78, 5) is 30.6. The van der Waals surface area contributed by atoms with Crippen molar-refractivity contribution in [2.75, 3.05) is 26.8 Å². The molecule has 3 rings (SSSR count). The Morgan fingerprint density at radius 2 is 2.24 bits per heavy atom. The molecular weight excluding hydrogens is 322 g/mol. The number of rotatable bonds is 6. The first-order chi connectivity index (χ1) is 12.1. The SMILES string of the molecule is CCNC(=O)CCOc1cc2c(cc1OC)C(=O)N1CCC[C@H]1C=N2. The van der Waals surface area contributed by atoms with Gasteiger partial charge in [0.25, 0.3) is 5.91 Å². The van der Waals surface area contributed by atoms with E-state index in [0.717, 1.165) is 19.4 Å². The average Bonchev–Trinajstić information content (AvgIpc) is 3.03. The minimum absolute atomic E-state index is 0.0258. The van der Waals surface area contributed by atoms with Gasteiger partial charge in [0, 0.05) is 25.4 Å². The van der Waals surface area contributed by atoms with Crippen molar-refractivity contribution < 1.29 is 19.1 Å². The Balaban J connectivity index is 1.81. The highest BCUT2D eigenvalue weighted by atomic mass is 16.5. The number of nitrogens with one attached hydrogen (secondary N) is 1. The van der Waals surface area contributed by atoms with Gasteiger partial charge in [-0.25, -0.2) is 0 Å². The lowest BCUT2D eigenvalue weighted by molar-refractivity contribution is -0.121. The third-order valence-electron chi connectivity index (χ3n) is 4.42. The number of amides is 2. The molecule has 7 heteroatoms. The van der Waals surface area contributed by atoms with Crippen LogP contribution in [0.15, 0.2) is 17.1 Å². The van der Waals surface area contributed by atoms with Crippen LogP contribution < -0.4 is 14.8 Å². The molecule has 0 aromatic heterocycles. The van der Waals surface area contributed by atoms with E-state index in [1.54, 1.807) is 12.1 Å². The van der Waals surface area contributed by atoms with Gasteiger partial charge < -0.3 is 19.7 Å². The lowest BCUT2D eigenvalue weighted by Gasteiger charge is -2.20. The summed E-state index contributed by atoms with van der Waals surface area (Å²) < 4.78 is 11.1. The number of aliphatic imine (C=N–C) groups is 1.